The Hall–Kier alpha value is -1.72. The van der Waals surface area contributed by atoms with E-state index in [9.17, 15) is 36.3 Å². The number of amides is 2. The van der Waals surface area contributed by atoms with E-state index in [4.69, 9.17) is 18.9 Å². The molecule has 8 rings (SSSR count). The number of aliphatic hydroxyl groups is 1. The van der Waals surface area contributed by atoms with Crippen molar-refractivity contribution in [3.05, 3.63) is 0 Å². The molecule has 16 heteroatoms. The topological polar surface area (TPSA) is 144 Å². The van der Waals surface area contributed by atoms with Crippen LogP contribution in [0.15, 0.2) is 0 Å². The van der Waals surface area contributed by atoms with E-state index in [-0.39, 0.29) is 89.1 Å². The first kappa shape index (κ1) is 42.0. The number of morpholine rings is 1. The summed E-state index contributed by atoms with van der Waals surface area (Å²) in [5.74, 6) is 0.506. The van der Waals surface area contributed by atoms with Gasteiger partial charge in [0.05, 0.1) is 44.1 Å². The Bertz CT molecular complexity index is 1710. The maximum Gasteiger partial charge on any atom is 0.511 e. The van der Waals surface area contributed by atoms with Gasteiger partial charge in [-0.1, -0.05) is 48.5 Å². The van der Waals surface area contributed by atoms with Crippen molar-refractivity contribution in [3.63, 3.8) is 0 Å². The van der Waals surface area contributed by atoms with E-state index in [0.717, 1.165) is 70.9 Å². The minimum Gasteiger partial charge on any atom is -0.443 e. The van der Waals surface area contributed by atoms with Crippen LogP contribution in [-0.2, 0) is 33.8 Å². The summed E-state index contributed by atoms with van der Waals surface area (Å²) in [5, 5.41) is 12.7. The molecule has 2 amide bonds. The molecule has 0 bridgehead atoms. The summed E-state index contributed by atoms with van der Waals surface area (Å²) in [6.45, 7) is 16.5. The number of nitrogens with zero attached hydrogens (tertiary/aromatic N) is 2. The Morgan fingerprint density at radius 2 is 1.67 bits per heavy atom. The van der Waals surface area contributed by atoms with Gasteiger partial charge in [-0.05, 0) is 109 Å². The molecule has 1 unspecified atom stereocenters. The largest absolute Gasteiger partial charge is 0.511 e. The predicted octanol–water partition coefficient (Wildman–Crippen LogP) is 5.68. The molecule has 8 aliphatic rings. The molecule has 0 aromatic carbocycles. The molecule has 0 radical (unpaired) electrons. The number of hydrogen-bond donors (Lipinski definition) is 2. The van der Waals surface area contributed by atoms with Crippen LogP contribution < -0.4 is 4.72 Å². The number of sulfonamides is 1. The summed E-state index contributed by atoms with van der Waals surface area (Å²) in [4.78, 5) is 28.8. The lowest BCUT2D eigenvalue weighted by molar-refractivity contribution is -0.248. The van der Waals surface area contributed by atoms with E-state index >= 15 is 0 Å². The van der Waals surface area contributed by atoms with E-state index in [1.54, 1.807) is 4.90 Å². The lowest BCUT2D eigenvalue weighted by Gasteiger charge is -2.64. The monoisotopic (exact) mass is 831 g/mol. The van der Waals surface area contributed by atoms with Crippen molar-refractivity contribution in [2.24, 2.45) is 56.7 Å². The normalized spacial score (nSPS) is 45.4. The van der Waals surface area contributed by atoms with Gasteiger partial charge in [0.15, 0.2) is 6.29 Å². The van der Waals surface area contributed by atoms with Crippen LogP contribution in [0.2, 0.25) is 0 Å². The molecular weight excluding hydrogens is 768 g/mol. The molecule has 5 saturated carbocycles. The molecule has 5 aliphatic carbocycles. The van der Waals surface area contributed by atoms with Gasteiger partial charge in [-0.2, -0.15) is 17.9 Å². The number of carbonyl (C=O) groups is 2. The Kier molecular flexibility index (Phi) is 10.2. The zero-order chi connectivity index (χ0) is 41.3. The second-order valence-corrected chi connectivity index (χ2v) is 22.3. The van der Waals surface area contributed by atoms with Crippen molar-refractivity contribution < 1.29 is 55.2 Å². The third kappa shape index (κ3) is 6.15. The van der Waals surface area contributed by atoms with Gasteiger partial charge in [0, 0.05) is 25.0 Å². The van der Waals surface area contributed by atoms with Crippen LogP contribution in [-0.4, -0.2) is 117 Å². The molecule has 57 heavy (non-hydrogen) atoms. The van der Waals surface area contributed by atoms with E-state index in [2.05, 4.69) is 48.5 Å². The lowest BCUT2D eigenvalue weighted by Crippen LogP contribution is -2.60. The van der Waals surface area contributed by atoms with Gasteiger partial charge >= 0.3 is 21.6 Å². The summed E-state index contributed by atoms with van der Waals surface area (Å²) < 4.78 is 88.5. The van der Waals surface area contributed by atoms with Crippen molar-refractivity contribution in [3.8, 4) is 0 Å². The molecule has 3 aliphatic heterocycles. The maximum atomic E-state index is 13.0. The Morgan fingerprint density at radius 3 is 2.32 bits per heavy atom. The van der Waals surface area contributed by atoms with Gasteiger partial charge in [-0.15, -0.1) is 0 Å². The number of likely N-dealkylation sites (tertiary alicyclic amines) is 1. The molecular formula is C41H64F3N3O9S. The first-order chi connectivity index (χ1) is 26.5. The molecule has 3 heterocycles. The van der Waals surface area contributed by atoms with Crippen LogP contribution in [0.4, 0.5) is 18.0 Å². The first-order valence-corrected chi connectivity index (χ1v) is 22.9. The third-order valence-electron chi connectivity index (χ3n) is 17.6. The van der Waals surface area contributed by atoms with Crippen LogP contribution in [0.1, 0.15) is 106 Å². The molecule has 0 aromatic rings. The fraction of sp³-hybridized carbons (Fsp3) is 0.951. The Balaban J connectivity index is 0.955. The van der Waals surface area contributed by atoms with Gasteiger partial charge in [0.1, 0.15) is 6.10 Å². The van der Waals surface area contributed by atoms with Crippen molar-refractivity contribution in [2.75, 3.05) is 39.3 Å². The summed E-state index contributed by atoms with van der Waals surface area (Å²) >= 11 is 0. The smallest absolute Gasteiger partial charge is 0.443 e. The number of alkyl halides is 3. The molecule has 8 fully saturated rings. The van der Waals surface area contributed by atoms with Crippen LogP contribution in [0.3, 0.4) is 0 Å². The number of hydrogen-bond acceptors (Lipinski definition) is 9. The SMILES string of the molecule is CC(C)[C@@H](OC(=O)N1CCC1)[C@H]1C[C@@H](C)[C@H]2[C@H](O1)[C@H](O)[C@@]1(C)[C@@H]3CC[C@H]4C(C)(C)[C@@H](O[C@H]5CN(C(=O)CNS(=O)(=O)C(F)(F)F)CCO5)CCC45C[C@@]35CC[C@]21C. The number of fused-ring (bicyclic) bond motifs is 4. The van der Waals surface area contributed by atoms with Gasteiger partial charge in [0.2, 0.25) is 5.91 Å². The van der Waals surface area contributed by atoms with Crippen LogP contribution in [0, 0.1) is 56.7 Å². The van der Waals surface area contributed by atoms with Gasteiger partial charge in [0.25, 0.3) is 0 Å². The first-order valence-electron chi connectivity index (χ1n) is 21.4. The average Bonchev–Trinajstić information content (AvgIpc) is 3.74. The molecule has 2 spiro atoms. The van der Waals surface area contributed by atoms with Crippen LogP contribution in [0.5, 0.6) is 0 Å². The van der Waals surface area contributed by atoms with Gasteiger partial charge in [-0.3, -0.25) is 4.79 Å². The Morgan fingerprint density at radius 1 is 0.982 bits per heavy atom. The highest BCUT2D eigenvalue weighted by atomic mass is 32.2. The zero-order valence-electron chi connectivity index (χ0n) is 34.6. The molecule has 0 aromatic heterocycles. The number of ether oxygens (including phenoxy) is 4. The third-order valence-corrected chi connectivity index (χ3v) is 18.7. The maximum absolute atomic E-state index is 13.0. The second kappa shape index (κ2) is 13.9. The fourth-order valence-electron chi connectivity index (χ4n) is 14.6. The van der Waals surface area contributed by atoms with Crippen molar-refractivity contribution >= 4 is 22.0 Å². The number of aliphatic hydroxyl groups excluding tert-OH is 1. The van der Waals surface area contributed by atoms with E-state index in [1.807, 2.05) is 0 Å². The molecule has 324 valence electrons. The summed E-state index contributed by atoms with van der Waals surface area (Å²) in [5.41, 5.74) is -5.95. The zero-order valence-corrected chi connectivity index (χ0v) is 35.4. The quantitative estimate of drug-likeness (QED) is 0.316. The fourth-order valence-corrected chi connectivity index (χ4v) is 15.0. The Labute approximate surface area is 335 Å². The summed E-state index contributed by atoms with van der Waals surface area (Å²) in [7, 11) is -5.64. The van der Waals surface area contributed by atoms with Gasteiger partial charge < -0.3 is 33.9 Å². The number of nitrogens with one attached hydrogen (secondary N) is 1. The summed E-state index contributed by atoms with van der Waals surface area (Å²) in [6, 6.07) is 0. The highest BCUT2D eigenvalue weighted by Gasteiger charge is 2.84. The highest BCUT2D eigenvalue weighted by Crippen LogP contribution is 2.89. The minimum atomic E-state index is -5.64. The molecule has 14 atom stereocenters. The van der Waals surface area contributed by atoms with E-state index in [0.29, 0.717) is 17.8 Å². The number of rotatable bonds is 8. The van der Waals surface area contributed by atoms with Crippen LogP contribution >= 0.6 is 0 Å². The van der Waals surface area contributed by atoms with Gasteiger partial charge in [-0.25, -0.2) is 13.2 Å². The number of carbonyl (C=O) groups excluding carboxylic acids is 2. The van der Waals surface area contributed by atoms with Crippen molar-refractivity contribution in [1.82, 2.24) is 14.5 Å². The highest BCUT2D eigenvalue weighted by molar-refractivity contribution is 7.90. The van der Waals surface area contributed by atoms with Crippen molar-refractivity contribution in [1.29, 1.82) is 0 Å². The van der Waals surface area contributed by atoms with Crippen molar-refractivity contribution in [2.45, 2.75) is 149 Å². The summed E-state index contributed by atoms with van der Waals surface area (Å²) in [6.07, 6.45) is 6.02. The average molecular weight is 832 g/mol. The van der Waals surface area contributed by atoms with E-state index in [1.165, 1.54) is 9.62 Å². The van der Waals surface area contributed by atoms with Crippen LogP contribution in [0.25, 0.3) is 0 Å². The molecule has 3 saturated heterocycles. The molecule has 12 nitrogen and oxygen atoms in total. The van der Waals surface area contributed by atoms with E-state index < -0.39 is 40.4 Å². The lowest BCUT2D eigenvalue weighted by atomic mass is 9.41. The molecule has 2 N–H and O–H groups in total. The standard InChI is InChI=1S/C41H64F3N3O9S/c1-23(2)32(56-35(50)46-15-8-16-46)25-19-24(3)31-33(54-25)34(49)38(7)27-10-9-26-36(4,5)28(11-12-39(26)22-40(27,39)14-13-37(31,38)6)55-30-21-47(17-18-53-30)29(48)20-45-57(51,52)41(42,43)44/h23-28,30-34,45,49H,8-22H2,1-7H3/t24-,25-,26+,27+,28+,30+,31+,32-,33+,34+,37-,38-,39?,40+/m1/s1. The minimum absolute atomic E-state index is 0.00170. The second-order valence-electron chi connectivity index (χ2n) is 20.5. The number of halogens is 3. The predicted molar refractivity (Wildman–Crippen MR) is 202 cm³/mol.